The number of hydrogen-bond acceptors (Lipinski definition) is 5. The van der Waals surface area contributed by atoms with Crippen LogP contribution in [0.3, 0.4) is 0 Å². The summed E-state index contributed by atoms with van der Waals surface area (Å²) >= 11 is 1.37. The summed E-state index contributed by atoms with van der Waals surface area (Å²) in [6, 6.07) is 5.32. The minimum Gasteiger partial charge on any atom is -0.493 e. The van der Waals surface area contributed by atoms with Crippen molar-refractivity contribution in [1.29, 1.82) is 0 Å². The fraction of sp³-hybridized carbons (Fsp3) is 0.300. The molecule has 1 amide bonds. The van der Waals surface area contributed by atoms with Gasteiger partial charge in [-0.05, 0) is 55.0 Å². The fourth-order valence-electron chi connectivity index (χ4n) is 3.16. The first-order chi connectivity index (χ1) is 13.0. The Bertz CT molecular complexity index is 900. The van der Waals surface area contributed by atoms with Crippen LogP contribution in [0.5, 0.6) is 11.5 Å². The van der Waals surface area contributed by atoms with Crippen LogP contribution < -0.4 is 14.8 Å². The van der Waals surface area contributed by atoms with E-state index < -0.39 is 5.97 Å². The zero-order valence-corrected chi connectivity index (χ0v) is 16.0. The summed E-state index contributed by atoms with van der Waals surface area (Å²) < 4.78 is 10.4. The smallest absolute Gasteiger partial charge is 0.339 e. The lowest BCUT2D eigenvalue weighted by Gasteiger charge is -2.10. The molecule has 1 aliphatic rings. The van der Waals surface area contributed by atoms with E-state index in [0.29, 0.717) is 16.5 Å². The molecule has 1 aromatic heterocycles. The summed E-state index contributed by atoms with van der Waals surface area (Å²) in [6.45, 7) is 0. The third kappa shape index (κ3) is 4.14. The first-order valence-electron chi connectivity index (χ1n) is 8.62. The van der Waals surface area contributed by atoms with Gasteiger partial charge in [0.05, 0.1) is 19.8 Å². The molecule has 7 heteroatoms. The number of aromatic carboxylic acids is 1. The summed E-state index contributed by atoms with van der Waals surface area (Å²) in [5, 5.41) is 12.7. The molecule has 0 aliphatic heterocycles. The molecule has 2 aromatic rings. The van der Waals surface area contributed by atoms with Crippen molar-refractivity contribution in [2.45, 2.75) is 25.7 Å². The van der Waals surface area contributed by atoms with Crippen LogP contribution in [0.25, 0.3) is 6.08 Å². The molecular weight excluding hydrogens is 366 g/mol. The van der Waals surface area contributed by atoms with Crippen LogP contribution in [-0.2, 0) is 17.6 Å². The number of methoxy groups -OCH3 is 2. The molecule has 142 valence electrons. The van der Waals surface area contributed by atoms with Crippen LogP contribution in [0.4, 0.5) is 5.00 Å². The van der Waals surface area contributed by atoms with Crippen molar-refractivity contribution >= 4 is 34.3 Å². The number of benzene rings is 1. The lowest BCUT2D eigenvalue weighted by Crippen LogP contribution is -2.11. The molecule has 0 spiro atoms. The second kappa shape index (κ2) is 8.26. The van der Waals surface area contributed by atoms with Gasteiger partial charge in [0, 0.05) is 11.0 Å². The number of hydrogen-bond donors (Lipinski definition) is 2. The van der Waals surface area contributed by atoms with E-state index in [9.17, 15) is 14.7 Å². The van der Waals surface area contributed by atoms with Gasteiger partial charge in [-0.3, -0.25) is 4.79 Å². The standard InChI is InChI=1S/C20H21NO5S/c1-25-14-9-7-12(11-15(14)26-2)8-10-17(22)21-19-18(20(23)24)13-5-3-4-6-16(13)27-19/h7-11H,3-6H2,1-2H3,(H,21,22)(H,23,24)/b10-8+. The van der Waals surface area contributed by atoms with Gasteiger partial charge in [-0.15, -0.1) is 11.3 Å². The normalized spacial score (nSPS) is 13.3. The van der Waals surface area contributed by atoms with E-state index >= 15 is 0 Å². The van der Waals surface area contributed by atoms with E-state index in [4.69, 9.17) is 9.47 Å². The topological polar surface area (TPSA) is 84.9 Å². The van der Waals surface area contributed by atoms with Gasteiger partial charge in [-0.1, -0.05) is 6.07 Å². The van der Waals surface area contributed by atoms with Crippen LogP contribution in [0, 0.1) is 0 Å². The highest BCUT2D eigenvalue weighted by Gasteiger charge is 2.25. The van der Waals surface area contributed by atoms with E-state index in [0.717, 1.165) is 41.7 Å². The van der Waals surface area contributed by atoms with E-state index in [1.54, 1.807) is 38.5 Å². The van der Waals surface area contributed by atoms with Crippen molar-refractivity contribution in [3.63, 3.8) is 0 Å². The Morgan fingerprint density at radius 3 is 2.59 bits per heavy atom. The largest absolute Gasteiger partial charge is 0.493 e. The van der Waals surface area contributed by atoms with Crippen LogP contribution in [0.1, 0.15) is 39.2 Å². The van der Waals surface area contributed by atoms with E-state index in [1.807, 2.05) is 0 Å². The maximum atomic E-state index is 12.3. The molecule has 0 atom stereocenters. The molecule has 0 saturated carbocycles. The SMILES string of the molecule is COc1ccc(/C=C/C(=O)Nc2sc3c(c2C(=O)O)CCCC3)cc1OC. The average molecular weight is 387 g/mol. The molecule has 0 bridgehead atoms. The van der Waals surface area contributed by atoms with Gasteiger partial charge in [-0.25, -0.2) is 4.79 Å². The summed E-state index contributed by atoms with van der Waals surface area (Å²) in [7, 11) is 3.10. The molecule has 2 N–H and O–H groups in total. The molecule has 0 unspecified atom stereocenters. The second-order valence-corrected chi connectivity index (χ2v) is 7.26. The highest BCUT2D eigenvalue weighted by atomic mass is 32.1. The van der Waals surface area contributed by atoms with Gasteiger partial charge < -0.3 is 19.9 Å². The lowest BCUT2D eigenvalue weighted by atomic mass is 9.95. The Balaban J connectivity index is 1.77. The third-order valence-corrected chi connectivity index (χ3v) is 5.66. The monoisotopic (exact) mass is 387 g/mol. The molecule has 0 fully saturated rings. The molecule has 27 heavy (non-hydrogen) atoms. The number of carboxylic acids is 1. The maximum absolute atomic E-state index is 12.3. The Kier molecular flexibility index (Phi) is 5.81. The van der Waals surface area contributed by atoms with Gasteiger partial charge in [0.25, 0.3) is 0 Å². The number of amides is 1. The summed E-state index contributed by atoms with van der Waals surface area (Å²) in [5.74, 6) is -0.187. The molecular formula is C20H21NO5S. The van der Waals surface area contributed by atoms with Crippen molar-refractivity contribution < 1.29 is 24.2 Å². The molecule has 0 saturated heterocycles. The number of fused-ring (bicyclic) bond motifs is 1. The zero-order valence-electron chi connectivity index (χ0n) is 15.2. The molecule has 0 radical (unpaired) electrons. The Morgan fingerprint density at radius 2 is 1.89 bits per heavy atom. The highest BCUT2D eigenvalue weighted by Crippen LogP contribution is 2.38. The third-order valence-electron chi connectivity index (χ3n) is 4.46. The fourth-order valence-corrected chi connectivity index (χ4v) is 4.45. The van der Waals surface area contributed by atoms with Crippen molar-refractivity contribution in [2.75, 3.05) is 19.5 Å². The number of carboxylic acid groups (broad SMARTS) is 1. The van der Waals surface area contributed by atoms with Gasteiger partial charge in [0.1, 0.15) is 5.00 Å². The predicted molar refractivity (Wildman–Crippen MR) is 105 cm³/mol. The molecule has 3 rings (SSSR count). The summed E-state index contributed by atoms with van der Waals surface area (Å²) in [4.78, 5) is 25.0. The van der Waals surface area contributed by atoms with Gasteiger partial charge in [0.15, 0.2) is 11.5 Å². The molecule has 1 heterocycles. The van der Waals surface area contributed by atoms with Crippen molar-refractivity contribution in [2.24, 2.45) is 0 Å². The summed E-state index contributed by atoms with van der Waals surface area (Å²) in [5.41, 5.74) is 1.88. The van der Waals surface area contributed by atoms with Gasteiger partial charge in [0.2, 0.25) is 5.91 Å². The first kappa shape index (κ1) is 19.0. The number of nitrogens with one attached hydrogen (secondary N) is 1. The number of thiophene rings is 1. The second-order valence-electron chi connectivity index (χ2n) is 6.16. The van der Waals surface area contributed by atoms with Gasteiger partial charge >= 0.3 is 5.97 Å². The minimum absolute atomic E-state index is 0.238. The number of ether oxygens (including phenoxy) is 2. The first-order valence-corrected chi connectivity index (χ1v) is 9.44. The quantitative estimate of drug-likeness (QED) is 0.732. The average Bonchev–Trinajstić information content (AvgIpc) is 3.03. The number of anilines is 1. The van der Waals surface area contributed by atoms with Crippen LogP contribution in [-0.4, -0.2) is 31.2 Å². The number of carbonyl (C=O) groups is 2. The number of aryl methyl sites for hydroxylation is 1. The van der Waals surface area contributed by atoms with Crippen molar-refractivity contribution in [3.8, 4) is 11.5 Å². The Morgan fingerprint density at radius 1 is 1.15 bits per heavy atom. The summed E-state index contributed by atoms with van der Waals surface area (Å²) in [6.07, 6.45) is 6.69. The van der Waals surface area contributed by atoms with Crippen LogP contribution in [0.15, 0.2) is 24.3 Å². The molecule has 1 aromatic carbocycles. The predicted octanol–water partition coefficient (Wildman–Crippen LogP) is 3.99. The molecule has 1 aliphatic carbocycles. The number of rotatable bonds is 6. The van der Waals surface area contributed by atoms with Crippen molar-refractivity contribution in [3.05, 3.63) is 45.8 Å². The maximum Gasteiger partial charge on any atom is 0.339 e. The van der Waals surface area contributed by atoms with E-state index in [-0.39, 0.29) is 11.5 Å². The van der Waals surface area contributed by atoms with E-state index in [1.165, 1.54) is 17.4 Å². The van der Waals surface area contributed by atoms with Crippen LogP contribution >= 0.6 is 11.3 Å². The van der Waals surface area contributed by atoms with Gasteiger partial charge in [-0.2, -0.15) is 0 Å². The molecule has 6 nitrogen and oxygen atoms in total. The zero-order chi connectivity index (χ0) is 19.4. The highest BCUT2D eigenvalue weighted by molar-refractivity contribution is 7.17. The minimum atomic E-state index is -0.992. The lowest BCUT2D eigenvalue weighted by molar-refractivity contribution is -0.111. The van der Waals surface area contributed by atoms with Crippen molar-refractivity contribution in [1.82, 2.24) is 0 Å². The Hall–Kier alpha value is -2.80. The van der Waals surface area contributed by atoms with Crippen LogP contribution in [0.2, 0.25) is 0 Å². The Labute approximate surface area is 161 Å². The number of carbonyl (C=O) groups excluding carboxylic acids is 1. The van der Waals surface area contributed by atoms with E-state index in [2.05, 4.69) is 5.32 Å².